The summed E-state index contributed by atoms with van der Waals surface area (Å²) in [6.07, 6.45) is 3.94. The second-order valence-electron chi connectivity index (χ2n) is 5.95. The van der Waals surface area contributed by atoms with Gasteiger partial charge in [-0.15, -0.1) is 0 Å². The van der Waals surface area contributed by atoms with Crippen LogP contribution in [0, 0.1) is 0 Å². The summed E-state index contributed by atoms with van der Waals surface area (Å²) in [6.45, 7) is 0. The minimum atomic E-state index is 0.424. The molecule has 1 aliphatic carbocycles. The number of benzene rings is 1. The molecule has 122 valence electrons. The number of nitrogens with zero attached hydrogens (tertiary/aromatic N) is 5. The normalized spacial score (nSPS) is 13.9. The number of pyridine rings is 1. The number of hydrogen-bond acceptors (Lipinski definition) is 7. The number of rotatable bonds is 4. The van der Waals surface area contributed by atoms with Crippen molar-refractivity contribution in [2.45, 2.75) is 18.8 Å². The van der Waals surface area contributed by atoms with Crippen molar-refractivity contribution in [3.63, 3.8) is 0 Å². The first-order valence-electron chi connectivity index (χ1n) is 8.06. The second-order valence-corrected chi connectivity index (χ2v) is 5.95. The Morgan fingerprint density at radius 1 is 0.840 bits per heavy atom. The van der Waals surface area contributed by atoms with Crippen molar-refractivity contribution in [2.24, 2.45) is 0 Å². The molecule has 1 aromatic carbocycles. The molecule has 0 unspecified atom stereocenters. The van der Waals surface area contributed by atoms with Crippen LogP contribution in [0.4, 0.5) is 0 Å². The van der Waals surface area contributed by atoms with E-state index in [4.69, 9.17) is 9.05 Å². The standard InChI is InChI=1S/C18H13N5O2/c1-2-9-19-14(6-1)16-21-18(25-23-16)13-5-3-4-12(10-13)15-20-17(24-22-15)11-7-8-11/h1-6,9-11H,7-8H2. The van der Waals surface area contributed by atoms with Gasteiger partial charge in [0.2, 0.25) is 17.5 Å². The van der Waals surface area contributed by atoms with Crippen molar-refractivity contribution in [2.75, 3.05) is 0 Å². The van der Waals surface area contributed by atoms with Gasteiger partial charge in [0.25, 0.3) is 5.89 Å². The van der Waals surface area contributed by atoms with E-state index in [1.165, 1.54) is 0 Å². The van der Waals surface area contributed by atoms with Crippen LogP contribution >= 0.6 is 0 Å². The van der Waals surface area contributed by atoms with Crippen LogP contribution in [0.1, 0.15) is 24.7 Å². The molecule has 1 fully saturated rings. The molecule has 1 aliphatic rings. The first-order valence-corrected chi connectivity index (χ1v) is 8.06. The van der Waals surface area contributed by atoms with Crippen LogP contribution in [0.25, 0.3) is 34.4 Å². The third-order valence-corrected chi connectivity index (χ3v) is 4.06. The molecule has 0 N–H and O–H groups in total. The molecular weight excluding hydrogens is 318 g/mol. The quantitative estimate of drug-likeness (QED) is 0.562. The summed E-state index contributed by atoms with van der Waals surface area (Å²) in [5.41, 5.74) is 2.32. The molecule has 25 heavy (non-hydrogen) atoms. The highest BCUT2D eigenvalue weighted by Crippen LogP contribution is 2.39. The van der Waals surface area contributed by atoms with Crippen LogP contribution in [0.15, 0.2) is 57.7 Å². The summed E-state index contributed by atoms with van der Waals surface area (Å²) in [4.78, 5) is 13.1. The van der Waals surface area contributed by atoms with Gasteiger partial charge in [0.05, 0.1) is 0 Å². The van der Waals surface area contributed by atoms with Crippen LogP contribution in [-0.4, -0.2) is 25.3 Å². The summed E-state index contributed by atoms with van der Waals surface area (Å²) in [7, 11) is 0. The van der Waals surface area contributed by atoms with E-state index in [2.05, 4.69) is 25.3 Å². The van der Waals surface area contributed by atoms with Gasteiger partial charge in [-0.3, -0.25) is 4.98 Å². The number of hydrogen-bond donors (Lipinski definition) is 0. The summed E-state index contributed by atoms with van der Waals surface area (Å²) in [5, 5.41) is 8.07. The molecule has 5 rings (SSSR count). The molecule has 7 nitrogen and oxygen atoms in total. The summed E-state index contributed by atoms with van der Waals surface area (Å²) in [6, 6.07) is 13.2. The zero-order valence-electron chi connectivity index (χ0n) is 13.2. The molecule has 0 radical (unpaired) electrons. The Morgan fingerprint density at radius 2 is 1.72 bits per heavy atom. The Bertz CT molecular complexity index is 1020. The molecule has 0 bridgehead atoms. The maximum atomic E-state index is 5.38. The average molecular weight is 331 g/mol. The first-order chi connectivity index (χ1) is 12.4. The van der Waals surface area contributed by atoms with Crippen molar-refractivity contribution in [1.82, 2.24) is 25.3 Å². The van der Waals surface area contributed by atoms with E-state index in [0.29, 0.717) is 29.2 Å². The van der Waals surface area contributed by atoms with Gasteiger partial charge in [0, 0.05) is 23.2 Å². The highest BCUT2D eigenvalue weighted by Gasteiger charge is 2.29. The lowest BCUT2D eigenvalue weighted by Crippen LogP contribution is -1.86. The van der Waals surface area contributed by atoms with Crippen LogP contribution in [-0.2, 0) is 0 Å². The zero-order valence-corrected chi connectivity index (χ0v) is 13.2. The van der Waals surface area contributed by atoms with E-state index in [0.717, 1.165) is 29.9 Å². The van der Waals surface area contributed by atoms with E-state index < -0.39 is 0 Å². The van der Waals surface area contributed by atoms with Gasteiger partial charge < -0.3 is 9.05 Å². The van der Waals surface area contributed by atoms with Gasteiger partial charge in [-0.05, 0) is 37.1 Å². The van der Waals surface area contributed by atoms with E-state index in [1.807, 2.05) is 42.5 Å². The second kappa shape index (κ2) is 5.62. The van der Waals surface area contributed by atoms with Crippen molar-refractivity contribution >= 4 is 0 Å². The molecular formula is C18H13N5O2. The minimum Gasteiger partial charge on any atom is -0.339 e. The van der Waals surface area contributed by atoms with Crippen molar-refractivity contribution in [3.05, 3.63) is 54.6 Å². The third kappa shape index (κ3) is 2.69. The summed E-state index contributed by atoms with van der Waals surface area (Å²) in [5.74, 6) is 2.61. The maximum Gasteiger partial charge on any atom is 0.258 e. The molecule has 4 aromatic rings. The smallest absolute Gasteiger partial charge is 0.258 e. The molecule has 0 saturated heterocycles. The predicted octanol–water partition coefficient (Wildman–Crippen LogP) is 3.73. The molecule has 0 spiro atoms. The Hall–Kier alpha value is -3.35. The fourth-order valence-corrected chi connectivity index (χ4v) is 2.58. The topological polar surface area (TPSA) is 90.7 Å². The lowest BCUT2D eigenvalue weighted by atomic mass is 10.1. The Labute approximate surface area is 142 Å². The Balaban J connectivity index is 1.47. The fraction of sp³-hybridized carbons (Fsp3) is 0.167. The Kier molecular flexibility index (Phi) is 3.16. The largest absolute Gasteiger partial charge is 0.339 e. The zero-order chi connectivity index (χ0) is 16.6. The lowest BCUT2D eigenvalue weighted by molar-refractivity contribution is 0.380. The highest BCUT2D eigenvalue weighted by atomic mass is 16.5. The predicted molar refractivity (Wildman–Crippen MR) is 88.2 cm³/mol. The molecule has 1 saturated carbocycles. The summed E-state index contributed by atoms with van der Waals surface area (Å²) < 4.78 is 10.7. The molecule has 0 amide bonds. The highest BCUT2D eigenvalue weighted by molar-refractivity contribution is 5.66. The van der Waals surface area contributed by atoms with Crippen molar-refractivity contribution in [3.8, 4) is 34.4 Å². The van der Waals surface area contributed by atoms with Crippen LogP contribution < -0.4 is 0 Å². The van der Waals surface area contributed by atoms with Gasteiger partial charge in [-0.1, -0.05) is 28.5 Å². The van der Waals surface area contributed by atoms with Gasteiger partial charge in [0.15, 0.2) is 0 Å². The first kappa shape index (κ1) is 14.0. The van der Waals surface area contributed by atoms with Gasteiger partial charge in [0.1, 0.15) is 5.69 Å². The van der Waals surface area contributed by atoms with E-state index >= 15 is 0 Å². The summed E-state index contributed by atoms with van der Waals surface area (Å²) >= 11 is 0. The monoisotopic (exact) mass is 331 g/mol. The maximum absolute atomic E-state index is 5.38. The molecule has 3 aromatic heterocycles. The van der Waals surface area contributed by atoms with E-state index in [1.54, 1.807) is 6.20 Å². The SMILES string of the molecule is c1ccc(-c2noc(-c3cccc(-c4noc(C5CC5)n4)c3)n2)nc1. The average Bonchev–Trinajstić information content (AvgIpc) is 3.21. The van der Waals surface area contributed by atoms with E-state index in [9.17, 15) is 0 Å². The third-order valence-electron chi connectivity index (χ3n) is 4.06. The van der Waals surface area contributed by atoms with E-state index in [-0.39, 0.29) is 0 Å². The van der Waals surface area contributed by atoms with Gasteiger partial charge in [-0.25, -0.2) is 0 Å². The molecule has 0 aliphatic heterocycles. The van der Waals surface area contributed by atoms with Gasteiger partial charge >= 0.3 is 0 Å². The molecule has 3 heterocycles. The van der Waals surface area contributed by atoms with Crippen molar-refractivity contribution in [1.29, 1.82) is 0 Å². The molecule has 0 atom stereocenters. The number of aromatic nitrogens is 5. The minimum absolute atomic E-state index is 0.424. The van der Waals surface area contributed by atoms with Crippen LogP contribution in [0.5, 0.6) is 0 Å². The molecule has 7 heteroatoms. The van der Waals surface area contributed by atoms with Crippen molar-refractivity contribution < 1.29 is 9.05 Å². The fourth-order valence-electron chi connectivity index (χ4n) is 2.58. The lowest BCUT2D eigenvalue weighted by Gasteiger charge is -1.97. The van der Waals surface area contributed by atoms with Crippen LogP contribution in [0.2, 0.25) is 0 Å². The van der Waals surface area contributed by atoms with Crippen LogP contribution in [0.3, 0.4) is 0 Å². The van der Waals surface area contributed by atoms with Gasteiger partial charge in [-0.2, -0.15) is 9.97 Å². The Morgan fingerprint density at radius 3 is 2.56 bits per heavy atom.